The number of urea groups is 1. The van der Waals surface area contributed by atoms with Crippen LogP contribution >= 0.6 is 11.6 Å². The van der Waals surface area contributed by atoms with Crippen LogP contribution in [-0.4, -0.2) is 24.5 Å². The van der Waals surface area contributed by atoms with E-state index in [-0.39, 0.29) is 18.0 Å². The predicted molar refractivity (Wildman–Crippen MR) is 94.0 cm³/mol. The molecule has 0 spiro atoms. The zero-order chi connectivity index (χ0) is 16.9. The molecule has 1 saturated heterocycles. The van der Waals surface area contributed by atoms with E-state index in [0.29, 0.717) is 24.5 Å². The summed E-state index contributed by atoms with van der Waals surface area (Å²) in [4.78, 5) is 25.8. The van der Waals surface area contributed by atoms with Gasteiger partial charge in [-0.25, -0.2) is 4.79 Å². The average Bonchev–Trinajstić information content (AvgIpc) is 2.95. The molecule has 0 bridgehead atoms. The van der Waals surface area contributed by atoms with Crippen LogP contribution in [0.2, 0.25) is 5.02 Å². The smallest absolute Gasteiger partial charge is 0.315 e. The molecular weight excluding hydrogens is 326 g/mol. The minimum absolute atomic E-state index is 0.00863. The fraction of sp³-hybridized carbons (Fsp3) is 0.222. The van der Waals surface area contributed by atoms with E-state index < -0.39 is 0 Å². The zero-order valence-electron chi connectivity index (χ0n) is 13.0. The van der Waals surface area contributed by atoms with Gasteiger partial charge in [0.25, 0.3) is 0 Å². The van der Waals surface area contributed by atoms with Crippen molar-refractivity contribution in [1.82, 2.24) is 10.6 Å². The van der Waals surface area contributed by atoms with E-state index in [0.717, 1.165) is 11.3 Å². The van der Waals surface area contributed by atoms with Gasteiger partial charge in [0.15, 0.2) is 0 Å². The number of carbonyl (C=O) groups is 2. The topological polar surface area (TPSA) is 61.4 Å². The van der Waals surface area contributed by atoms with Crippen molar-refractivity contribution in [2.75, 3.05) is 11.4 Å². The number of nitrogens with zero attached hydrogens (tertiary/aromatic N) is 1. The second-order valence-electron chi connectivity index (χ2n) is 5.69. The Morgan fingerprint density at radius 3 is 2.54 bits per heavy atom. The molecule has 24 heavy (non-hydrogen) atoms. The fourth-order valence-electron chi connectivity index (χ4n) is 2.69. The average molecular weight is 344 g/mol. The monoisotopic (exact) mass is 343 g/mol. The van der Waals surface area contributed by atoms with Gasteiger partial charge in [-0.3, -0.25) is 4.79 Å². The van der Waals surface area contributed by atoms with Crippen molar-refractivity contribution in [3.63, 3.8) is 0 Å². The van der Waals surface area contributed by atoms with Crippen LogP contribution in [0.15, 0.2) is 54.6 Å². The Kier molecular flexibility index (Phi) is 5.01. The van der Waals surface area contributed by atoms with Gasteiger partial charge in [0.1, 0.15) is 0 Å². The Bertz CT molecular complexity index is 719. The maximum atomic E-state index is 12.2. The number of benzene rings is 2. The standard InChI is InChI=1S/C18H18ClN3O2/c19-14-6-8-16(9-7-14)22-12-15(10-17(22)23)21-18(24)20-11-13-4-2-1-3-5-13/h1-9,15H,10-12H2,(H2,20,21,24)/t15-/m1/s1. The SMILES string of the molecule is O=C(NCc1ccccc1)N[C@@H]1CC(=O)N(c2ccc(Cl)cc2)C1. The highest BCUT2D eigenvalue weighted by molar-refractivity contribution is 6.30. The number of rotatable bonds is 4. The fourth-order valence-corrected chi connectivity index (χ4v) is 2.82. The number of anilines is 1. The second-order valence-corrected chi connectivity index (χ2v) is 6.13. The molecule has 2 aromatic rings. The summed E-state index contributed by atoms with van der Waals surface area (Å²) in [6.45, 7) is 0.910. The van der Waals surface area contributed by atoms with Crippen LogP contribution in [0.25, 0.3) is 0 Å². The molecule has 124 valence electrons. The van der Waals surface area contributed by atoms with Gasteiger partial charge in [-0.1, -0.05) is 41.9 Å². The number of amides is 3. The van der Waals surface area contributed by atoms with Crippen LogP contribution in [0.3, 0.4) is 0 Å². The van der Waals surface area contributed by atoms with Crippen LogP contribution in [0.4, 0.5) is 10.5 Å². The summed E-state index contributed by atoms with van der Waals surface area (Å²) in [5.74, 6) is -0.00863. The maximum Gasteiger partial charge on any atom is 0.315 e. The molecule has 0 aliphatic carbocycles. The van der Waals surface area contributed by atoms with E-state index in [9.17, 15) is 9.59 Å². The third-order valence-electron chi connectivity index (χ3n) is 3.89. The van der Waals surface area contributed by atoms with Crippen LogP contribution in [0.5, 0.6) is 0 Å². The molecule has 5 nitrogen and oxygen atoms in total. The van der Waals surface area contributed by atoms with Crippen molar-refractivity contribution in [3.8, 4) is 0 Å². The molecule has 0 saturated carbocycles. The van der Waals surface area contributed by atoms with E-state index in [2.05, 4.69) is 10.6 Å². The predicted octanol–water partition coefficient (Wildman–Crippen LogP) is 2.94. The lowest BCUT2D eigenvalue weighted by Crippen LogP contribution is -2.43. The Hall–Kier alpha value is -2.53. The molecule has 2 aromatic carbocycles. The van der Waals surface area contributed by atoms with E-state index in [1.807, 2.05) is 30.3 Å². The molecule has 6 heteroatoms. The van der Waals surface area contributed by atoms with Crippen molar-refractivity contribution < 1.29 is 9.59 Å². The molecule has 3 amide bonds. The third kappa shape index (κ3) is 4.06. The van der Waals surface area contributed by atoms with Crippen molar-refractivity contribution in [2.45, 2.75) is 19.0 Å². The highest BCUT2D eigenvalue weighted by Crippen LogP contribution is 2.23. The summed E-state index contributed by atoms with van der Waals surface area (Å²) in [5, 5.41) is 6.28. The van der Waals surface area contributed by atoms with Crippen molar-refractivity contribution in [3.05, 3.63) is 65.2 Å². The Balaban J connectivity index is 1.52. The van der Waals surface area contributed by atoms with E-state index in [1.165, 1.54) is 0 Å². The van der Waals surface area contributed by atoms with Gasteiger partial charge in [-0.2, -0.15) is 0 Å². The molecule has 1 heterocycles. The van der Waals surface area contributed by atoms with Gasteiger partial charge in [0, 0.05) is 30.2 Å². The van der Waals surface area contributed by atoms with E-state index in [4.69, 9.17) is 11.6 Å². The number of hydrogen-bond acceptors (Lipinski definition) is 2. The Morgan fingerprint density at radius 1 is 1.12 bits per heavy atom. The first-order valence-electron chi connectivity index (χ1n) is 7.76. The molecule has 0 aromatic heterocycles. The lowest BCUT2D eigenvalue weighted by Gasteiger charge is -2.17. The molecule has 0 radical (unpaired) electrons. The van der Waals surface area contributed by atoms with Gasteiger partial charge < -0.3 is 15.5 Å². The first-order valence-corrected chi connectivity index (χ1v) is 8.14. The maximum absolute atomic E-state index is 12.2. The lowest BCUT2D eigenvalue weighted by atomic mass is 10.2. The number of hydrogen-bond donors (Lipinski definition) is 2. The van der Waals surface area contributed by atoms with Crippen LogP contribution in [-0.2, 0) is 11.3 Å². The second kappa shape index (κ2) is 7.36. The summed E-state index contributed by atoms with van der Waals surface area (Å²) in [5.41, 5.74) is 1.82. The van der Waals surface area contributed by atoms with Crippen molar-refractivity contribution in [1.29, 1.82) is 0 Å². The molecule has 1 atom stereocenters. The third-order valence-corrected chi connectivity index (χ3v) is 4.15. The van der Waals surface area contributed by atoms with Crippen LogP contribution in [0.1, 0.15) is 12.0 Å². The first kappa shape index (κ1) is 16.3. The molecule has 2 N–H and O–H groups in total. The molecule has 3 rings (SSSR count). The lowest BCUT2D eigenvalue weighted by molar-refractivity contribution is -0.117. The Labute approximate surface area is 145 Å². The van der Waals surface area contributed by atoms with Crippen molar-refractivity contribution >= 4 is 29.2 Å². The van der Waals surface area contributed by atoms with Crippen LogP contribution < -0.4 is 15.5 Å². The van der Waals surface area contributed by atoms with Gasteiger partial charge in [0.05, 0.1) is 6.04 Å². The van der Waals surface area contributed by atoms with Gasteiger partial charge >= 0.3 is 6.03 Å². The summed E-state index contributed by atoms with van der Waals surface area (Å²) < 4.78 is 0. The number of nitrogens with one attached hydrogen (secondary N) is 2. The molecule has 1 fully saturated rings. The summed E-state index contributed by atoms with van der Waals surface area (Å²) in [7, 11) is 0. The molecule has 0 unspecified atom stereocenters. The van der Waals surface area contributed by atoms with Crippen LogP contribution in [0, 0.1) is 0 Å². The molecule has 1 aliphatic heterocycles. The number of halogens is 1. The van der Waals surface area contributed by atoms with Gasteiger partial charge in [0.2, 0.25) is 5.91 Å². The molecular formula is C18H18ClN3O2. The first-order chi connectivity index (χ1) is 11.6. The molecule has 1 aliphatic rings. The van der Waals surface area contributed by atoms with Gasteiger partial charge in [-0.15, -0.1) is 0 Å². The van der Waals surface area contributed by atoms with Gasteiger partial charge in [-0.05, 0) is 29.8 Å². The number of carbonyl (C=O) groups excluding carboxylic acids is 2. The zero-order valence-corrected chi connectivity index (χ0v) is 13.8. The van der Waals surface area contributed by atoms with E-state index >= 15 is 0 Å². The normalized spacial score (nSPS) is 17.0. The summed E-state index contributed by atoms with van der Waals surface area (Å²) in [6.07, 6.45) is 0.293. The quantitative estimate of drug-likeness (QED) is 0.896. The highest BCUT2D eigenvalue weighted by Gasteiger charge is 2.31. The van der Waals surface area contributed by atoms with E-state index in [1.54, 1.807) is 29.2 Å². The minimum atomic E-state index is -0.269. The summed E-state index contributed by atoms with van der Waals surface area (Å²) in [6, 6.07) is 16.3. The summed E-state index contributed by atoms with van der Waals surface area (Å²) >= 11 is 5.87. The largest absolute Gasteiger partial charge is 0.334 e. The Morgan fingerprint density at radius 2 is 1.83 bits per heavy atom. The highest BCUT2D eigenvalue weighted by atomic mass is 35.5. The minimum Gasteiger partial charge on any atom is -0.334 e. The van der Waals surface area contributed by atoms with Crippen molar-refractivity contribution in [2.24, 2.45) is 0 Å².